The van der Waals surface area contributed by atoms with Crippen molar-refractivity contribution in [3.8, 4) is 0 Å². The van der Waals surface area contributed by atoms with Crippen LogP contribution in [0.4, 0.5) is 10.1 Å². The summed E-state index contributed by atoms with van der Waals surface area (Å²) in [4.78, 5) is 6.79. The largest absolute Gasteiger partial charge is 0.324 e. The third kappa shape index (κ3) is 2.42. The van der Waals surface area contributed by atoms with E-state index in [4.69, 9.17) is 11.6 Å². The number of nitrogens with one attached hydrogen (secondary N) is 1. The summed E-state index contributed by atoms with van der Waals surface area (Å²) in [7, 11) is 0. The normalized spacial score (nSPS) is 23.1. The molecule has 0 spiro atoms. The van der Waals surface area contributed by atoms with Gasteiger partial charge in [0.05, 0.1) is 18.6 Å². The van der Waals surface area contributed by atoms with Crippen LogP contribution in [0.2, 0.25) is 5.02 Å². The third-order valence-electron chi connectivity index (χ3n) is 4.58. The molecule has 0 saturated heterocycles. The summed E-state index contributed by atoms with van der Waals surface area (Å²) in [6.45, 7) is 3.51. The maximum atomic E-state index is 14.4. The molecule has 2 aliphatic rings. The fourth-order valence-electron chi connectivity index (χ4n) is 3.51. The molecule has 0 saturated carbocycles. The van der Waals surface area contributed by atoms with Crippen molar-refractivity contribution >= 4 is 23.1 Å². The van der Waals surface area contributed by atoms with Gasteiger partial charge >= 0.3 is 0 Å². The molecule has 2 aromatic rings. The maximum Gasteiger partial charge on any atom is 0.128 e. The van der Waals surface area contributed by atoms with Crippen LogP contribution in [0.1, 0.15) is 24.1 Å². The van der Waals surface area contributed by atoms with Crippen LogP contribution in [0.3, 0.4) is 0 Å². The summed E-state index contributed by atoms with van der Waals surface area (Å²) in [5, 5.41) is 4.15. The van der Waals surface area contributed by atoms with Gasteiger partial charge in [-0.2, -0.15) is 0 Å². The van der Waals surface area contributed by atoms with Crippen LogP contribution in [0.25, 0.3) is 0 Å². The fraction of sp³-hybridized carbons (Fsp3) is 0.278. The summed E-state index contributed by atoms with van der Waals surface area (Å²) >= 11 is 6.23. The summed E-state index contributed by atoms with van der Waals surface area (Å²) < 4.78 is 14.4. The molecule has 0 bridgehead atoms. The molecule has 1 N–H and O–H groups in total. The standard InChI is InChI=1S/C18H17ClFN3/c1-11-21-9-13-10-22-18(14-4-2-3-5-16(14)20)15-8-12(19)6-7-17(15)23(11)13/h2-8,13,18,22H,9-10H2,1H3/t13-,18-/m0/s1. The first-order chi connectivity index (χ1) is 11.1. The summed E-state index contributed by atoms with van der Waals surface area (Å²) in [5.74, 6) is 0.790. The van der Waals surface area contributed by atoms with E-state index in [0.29, 0.717) is 10.6 Å². The zero-order chi connectivity index (χ0) is 16.0. The Morgan fingerprint density at radius 3 is 2.87 bits per heavy atom. The van der Waals surface area contributed by atoms with Crippen molar-refractivity contribution in [1.29, 1.82) is 0 Å². The molecular formula is C18H17ClFN3. The second-order valence-electron chi connectivity index (χ2n) is 5.98. The minimum Gasteiger partial charge on any atom is -0.324 e. The smallest absolute Gasteiger partial charge is 0.128 e. The number of anilines is 1. The quantitative estimate of drug-likeness (QED) is 0.862. The van der Waals surface area contributed by atoms with E-state index in [2.05, 4.69) is 15.2 Å². The van der Waals surface area contributed by atoms with Gasteiger partial charge in [0.25, 0.3) is 0 Å². The third-order valence-corrected chi connectivity index (χ3v) is 4.81. The zero-order valence-electron chi connectivity index (χ0n) is 12.8. The Labute approximate surface area is 139 Å². The number of fused-ring (bicyclic) bond motifs is 3. The highest BCUT2D eigenvalue weighted by atomic mass is 35.5. The van der Waals surface area contributed by atoms with Gasteiger partial charge in [-0.25, -0.2) is 4.39 Å². The van der Waals surface area contributed by atoms with E-state index in [0.717, 1.165) is 30.2 Å². The highest BCUT2D eigenvalue weighted by molar-refractivity contribution is 6.30. The predicted octanol–water partition coefficient (Wildman–Crippen LogP) is 3.78. The first kappa shape index (κ1) is 14.7. The van der Waals surface area contributed by atoms with Crippen molar-refractivity contribution in [2.75, 3.05) is 18.0 Å². The van der Waals surface area contributed by atoms with Gasteiger partial charge in [-0.15, -0.1) is 0 Å². The Balaban J connectivity index is 1.90. The Kier molecular flexibility index (Phi) is 3.58. The van der Waals surface area contributed by atoms with Crippen LogP contribution < -0.4 is 10.2 Å². The Hall–Kier alpha value is -1.91. The van der Waals surface area contributed by atoms with Crippen LogP contribution in [0.15, 0.2) is 47.5 Å². The summed E-state index contributed by atoms with van der Waals surface area (Å²) in [6, 6.07) is 12.8. The molecule has 4 rings (SSSR count). The number of benzene rings is 2. The van der Waals surface area contributed by atoms with Gasteiger partial charge in [0.1, 0.15) is 11.7 Å². The first-order valence-corrected chi connectivity index (χ1v) is 8.10. The number of halogens is 2. The van der Waals surface area contributed by atoms with Gasteiger partial charge in [-0.3, -0.25) is 4.99 Å². The molecule has 2 aromatic carbocycles. The molecular weight excluding hydrogens is 313 g/mol. The Bertz CT molecular complexity index is 790. The van der Waals surface area contributed by atoms with E-state index in [-0.39, 0.29) is 17.9 Å². The topological polar surface area (TPSA) is 27.6 Å². The van der Waals surface area contributed by atoms with E-state index < -0.39 is 0 Å². The average molecular weight is 330 g/mol. The minimum atomic E-state index is -0.219. The molecule has 0 amide bonds. The average Bonchev–Trinajstić information content (AvgIpc) is 2.82. The molecule has 0 radical (unpaired) electrons. The lowest BCUT2D eigenvalue weighted by molar-refractivity contribution is 0.535. The second kappa shape index (κ2) is 5.62. The van der Waals surface area contributed by atoms with Gasteiger partial charge in [0, 0.05) is 22.8 Å². The van der Waals surface area contributed by atoms with Gasteiger partial charge in [0.15, 0.2) is 0 Å². The van der Waals surface area contributed by atoms with Gasteiger partial charge in [-0.1, -0.05) is 29.8 Å². The number of nitrogens with zero attached hydrogens (tertiary/aromatic N) is 2. The molecule has 2 atom stereocenters. The monoisotopic (exact) mass is 329 g/mol. The van der Waals surface area contributed by atoms with Crippen molar-refractivity contribution in [2.24, 2.45) is 4.99 Å². The van der Waals surface area contributed by atoms with Gasteiger partial charge in [-0.05, 0) is 36.8 Å². The van der Waals surface area contributed by atoms with E-state index >= 15 is 0 Å². The van der Waals surface area contributed by atoms with Crippen LogP contribution in [0, 0.1) is 5.82 Å². The Morgan fingerprint density at radius 1 is 1.22 bits per heavy atom. The lowest BCUT2D eigenvalue weighted by Gasteiger charge is -2.26. The number of rotatable bonds is 1. The fourth-order valence-corrected chi connectivity index (χ4v) is 3.69. The van der Waals surface area contributed by atoms with Gasteiger partial charge < -0.3 is 10.2 Å². The number of amidine groups is 1. The van der Waals surface area contributed by atoms with Crippen LogP contribution in [-0.4, -0.2) is 25.0 Å². The van der Waals surface area contributed by atoms with Crippen molar-refractivity contribution < 1.29 is 4.39 Å². The summed E-state index contributed by atoms with van der Waals surface area (Å²) in [5.41, 5.74) is 2.68. The predicted molar refractivity (Wildman–Crippen MR) is 91.9 cm³/mol. The van der Waals surface area contributed by atoms with Crippen molar-refractivity contribution in [1.82, 2.24) is 5.32 Å². The highest BCUT2D eigenvalue weighted by Crippen LogP contribution is 2.38. The SMILES string of the molecule is CC1=NC[C@H]2CN[C@@H](c3ccccc3F)c3cc(Cl)ccc3N12. The highest BCUT2D eigenvalue weighted by Gasteiger charge is 2.34. The van der Waals surface area contributed by atoms with Crippen LogP contribution in [0.5, 0.6) is 0 Å². The molecule has 2 aliphatic heterocycles. The molecule has 0 unspecified atom stereocenters. The molecule has 0 fully saturated rings. The first-order valence-electron chi connectivity index (χ1n) is 7.72. The molecule has 118 valence electrons. The van der Waals surface area contributed by atoms with Crippen LogP contribution in [-0.2, 0) is 0 Å². The Morgan fingerprint density at radius 2 is 2.04 bits per heavy atom. The molecule has 5 heteroatoms. The van der Waals surface area contributed by atoms with Crippen molar-refractivity contribution in [3.63, 3.8) is 0 Å². The van der Waals surface area contributed by atoms with E-state index in [1.165, 1.54) is 6.07 Å². The van der Waals surface area contributed by atoms with Crippen molar-refractivity contribution in [3.05, 3.63) is 64.4 Å². The minimum absolute atomic E-state index is 0.205. The number of hydrogen-bond acceptors (Lipinski definition) is 3. The molecule has 0 aliphatic carbocycles. The van der Waals surface area contributed by atoms with Gasteiger partial charge in [0.2, 0.25) is 0 Å². The lowest BCUT2D eigenvalue weighted by Crippen LogP contribution is -2.40. The molecule has 3 nitrogen and oxygen atoms in total. The molecule has 23 heavy (non-hydrogen) atoms. The summed E-state index contributed by atoms with van der Waals surface area (Å²) in [6.07, 6.45) is 0. The molecule has 0 aromatic heterocycles. The number of hydrogen-bond donors (Lipinski definition) is 1. The van der Waals surface area contributed by atoms with Crippen LogP contribution >= 0.6 is 11.6 Å². The zero-order valence-corrected chi connectivity index (χ0v) is 13.5. The number of aliphatic imine (C=N–C) groups is 1. The van der Waals surface area contributed by atoms with E-state index in [9.17, 15) is 4.39 Å². The second-order valence-corrected chi connectivity index (χ2v) is 6.41. The van der Waals surface area contributed by atoms with Crippen molar-refractivity contribution in [2.45, 2.75) is 19.0 Å². The lowest BCUT2D eigenvalue weighted by atomic mass is 9.96. The molecule has 2 heterocycles. The van der Waals surface area contributed by atoms with E-state index in [1.54, 1.807) is 6.07 Å². The van der Waals surface area contributed by atoms with E-state index in [1.807, 2.05) is 37.3 Å². The maximum absolute atomic E-state index is 14.4.